The van der Waals surface area contributed by atoms with Crippen molar-refractivity contribution in [2.75, 3.05) is 0 Å². The molecule has 0 rings (SSSR count). The summed E-state index contributed by atoms with van der Waals surface area (Å²) in [6.07, 6.45) is 0. The third-order valence-corrected chi connectivity index (χ3v) is 0. The third-order valence-electron chi connectivity index (χ3n) is 0. The van der Waals surface area contributed by atoms with E-state index in [9.17, 15) is 0 Å². The quantitative estimate of drug-likeness (QED) is 0.345. The van der Waals surface area contributed by atoms with Gasteiger partial charge in [-0.25, -0.2) is 0 Å². The largest absolute Gasteiger partial charge is 0.168 e. The fourth-order valence-electron chi connectivity index (χ4n) is 0. The van der Waals surface area contributed by atoms with E-state index < -0.39 is 7.38 Å². The second-order valence-electron chi connectivity index (χ2n) is 2.07. The van der Waals surface area contributed by atoms with Crippen molar-refractivity contribution >= 4 is 42.4 Å². The zero-order valence-corrected chi connectivity index (χ0v) is 8.37. The highest BCUT2D eigenvalue weighted by Gasteiger charge is 2.04. The molecule has 40 valence electrons. The molecule has 0 aliphatic carbocycles. The molecule has 6 heavy (non-hydrogen) atoms. The molecule has 0 atom stereocenters. The molecular formula is C3H10ClISi. The van der Waals surface area contributed by atoms with Crippen LogP contribution in [0, 0.1) is 0 Å². The van der Waals surface area contributed by atoms with Gasteiger partial charge < -0.3 is 0 Å². The van der Waals surface area contributed by atoms with Gasteiger partial charge in [-0.15, -0.1) is 24.0 Å². The molecule has 0 fully saturated rings. The maximum atomic E-state index is 5.67. The molecule has 3 heteroatoms. The van der Waals surface area contributed by atoms with Crippen molar-refractivity contribution in [3.8, 4) is 0 Å². The molecule has 0 aromatic carbocycles. The van der Waals surface area contributed by atoms with E-state index in [4.69, 9.17) is 11.1 Å². The van der Waals surface area contributed by atoms with Gasteiger partial charge in [0, 0.05) is 0 Å². The Kier molecular flexibility index (Phi) is 5.59. The molecule has 0 unspecified atom stereocenters. The van der Waals surface area contributed by atoms with Crippen molar-refractivity contribution in [3.63, 3.8) is 0 Å². The first-order valence-corrected chi connectivity index (χ1v) is 6.20. The third kappa shape index (κ3) is 61.4. The standard InChI is InChI=1S/C3H9ClSi.HI/c1-5(2,3)4;/h1-3H3;1H. The number of hydrogen-bond acceptors (Lipinski definition) is 0. The Labute approximate surface area is 62.0 Å². The molecule has 0 aromatic rings. The van der Waals surface area contributed by atoms with Crippen molar-refractivity contribution in [2.24, 2.45) is 0 Å². The van der Waals surface area contributed by atoms with Crippen molar-refractivity contribution in [2.45, 2.75) is 19.6 Å². The smallest absolute Gasteiger partial charge is 0.147 e. The average Bonchev–Trinajstić information content (AvgIpc) is 0.722. The van der Waals surface area contributed by atoms with Crippen LogP contribution < -0.4 is 0 Å². The molecule has 0 spiro atoms. The molecule has 0 N–H and O–H groups in total. The van der Waals surface area contributed by atoms with Gasteiger partial charge in [-0.3, -0.25) is 0 Å². The highest BCUT2D eigenvalue weighted by Crippen LogP contribution is 2.03. The topological polar surface area (TPSA) is 0 Å². The van der Waals surface area contributed by atoms with E-state index in [0.717, 1.165) is 0 Å². The van der Waals surface area contributed by atoms with E-state index in [1.165, 1.54) is 0 Å². The molecule has 0 nitrogen and oxygen atoms in total. The van der Waals surface area contributed by atoms with Gasteiger partial charge in [0.1, 0.15) is 7.38 Å². The van der Waals surface area contributed by atoms with E-state index in [-0.39, 0.29) is 24.0 Å². The van der Waals surface area contributed by atoms with Gasteiger partial charge in [0.25, 0.3) is 0 Å². The molecule has 0 aliphatic heterocycles. The van der Waals surface area contributed by atoms with Crippen LogP contribution in [0.1, 0.15) is 0 Å². The fourth-order valence-corrected chi connectivity index (χ4v) is 0. The van der Waals surface area contributed by atoms with Gasteiger partial charge in [0.05, 0.1) is 0 Å². The SMILES string of the molecule is C[Si](C)(C)Cl.I. The average molecular weight is 237 g/mol. The molecular weight excluding hydrogens is 226 g/mol. The van der Waals surface area contributed by atoms with Gasteiger partial charge in [-0.1, -0.05) is 19.6 Å². The summed E-state index contributed by atoms with van der Waals surface area (Å²) < 4.78 is 0. The zero-order chi connectivity index (χ0) is 4.50. The highest BCUT2D eigenvalue weighted by atomic mass is 127. The lowest BCUT2D eigenvalue weighted by atomic mass is 11.8. The molecule has 0 amide bonds. The van der Waals surface area contributed by atoms with Crippen molar-refractivity contribution in [3.05, 3.63) is 0 Å². The summed E-state index contributed by atoms with van der Waals surface area (Å²) >= 11 is 5.67. The zero-order valence-electron chi connectivity index (χ0n) is 4.29. The molecule has 0 radical (unpaired) electrons. The second kappa shape index (κ2) is 3.27. The van der Waals surface area contributed by atoms with Crippen molar-refractivity contribution < 1.29 is 0 Å². The van der Waals surface area contributed by atoms with Crippen LogP contribution in [0.15, 0.2) is 0 Å². The lowest BCUT2D eigenvalue weighted by Crippen LogP contribution is -2.06. The van der Waals surface area contributed by atoms with E-state index in [1.807, 2.05) is 0 Å². The maximum absolute atomic E-state index is 5.67. The Balaban J connectivity index is 0. The maximum Gasteiger partial charge on any atom is 0.147 e. The fraction of sp³-hybridized carbons (Fsp3) is 1.00. The minimum atomic E-state index is -1.14. The summed E-state index contributed by atoms with van der Waals surface area (Å²) in [5.74, 6) is 0. The Morgan fingerprint density at radius 1 is 1.17 bits per heavy atom. The van der Waals surface area contributed by atoms with Crippen LogP contribution in [-0.2, 0) is 0 Å². The van der Waals surface area contributed by atoms with Crippen LogP contribution in [0.5, 0.6) is 0 Å². The van der Waals surface area contributed by atoms with Crippen molar-refractivity contribution in [1.29, 1.82) is 0 Å². The van der Waals surface area contributed by atoms with Gasteiger partial charge >= 0.3 is 0 Å². The summed E-state index contributed by atoms with van der Waals surface area (Å²) in [4.78, 5) is 0. The van der Waals surface area contributed by atoms with Crippen LogP contribution in [0.25, 0.3) is 0 Å². The van der Waals surface area contributed by atoms with Crippen LogP contribution in [-0.4, -0.2) is 7.38 Å². The summed E-state index contributed by atoms with van der Waals surface area (Å²) in [6.45, 7) is 6.28. The van der Waals surface area contributed by atoms with Crippen molar-refractivity contribution in [1.82, 2.24) is 0 Å². The lowest BCUT2D eigenvalue weighted by molar-refractivity contribution is 1.87. The Hall–Kier alpha value is 1.24. The van der Waals surface area contributed by atoms with Crippen LogP contribution in [0.2, 0.25) is 19.6 Å². The van der Waals surface area contributed by atoms with Crippen LogP contribution in [0.4, 0.5) is 0 Å². The molecule has 0 heterocycles. The van der Waals surface area contributed by atoms with E-state index >= 15 is 0 Å². The molecule has 0 bridgehead atoms. The summed E-state index contributed by atoms with van der Waals surface area (Å²) in [5, 5.41) is 0. The molecule has 0 saturated carbocycles. The molecule has 0 aromatic heterocycles. The first-order valence-electron chi connectivity index (χ1n) is 1.69. The predicted molar refractivity (Wildman–Crippen MR) is 44.6 cm³/mol. The minimum absolute atomic E-state index is 0. The van der Waals surface area contributed by atoms with E-state index in [0.29, 0.717) is 0 Å². The Bertz CT molecular complexity index is 26.3. The van der Waals surface area contributed by atoms with E-state index in [1.54, 1.807) is 0 Å². The van der Waals surface area contributed by atoms with Gasteiger partial charge in [0.2, 0.25) is 0 Å². The molecule has 0 saturated heterocycles. The first kappa shape index (κ1) is 10.3. The van der Waals surface area contributed by atoms with Gasteiger partial charge in [0.15, 0.2) is 0 Å². The normalized spacial score (nSPS) is 10.0. The summed E-state index contributed by atoms with van der Waals surface area (Å²) in [6, 6.07) is 0. The first-order chi connectivity index (χ1) is 2.00. The Morgan fingerprint density at radius 2 is 1.17 bits per heavy atom. The molecule has 0 aliphatic rings. The number of rotatable bonds is 0. The number of hydrogen-bond donors (Lipinski definition) is 0. The Morgan fingerprint density at radius 3 is 1.17 bits per heavy atom. The number of halogens is 2. The summed E-state index contributed by atoms with van der Waals surface area (Å²) in [5.41, 5.74) is 0. The predicted octanol–water partition coefficient (Wildman–Crippen LogP) is 2.68. The van der Waals surface area contributed by atoms with Crippen LogP contribution in [0.3, 0.4) is 0 Å². The minimum Gasteiger partial charge on any atom is -0.168 e. The highest BCUT2D eigenvalue weighted by molar-refractivity contribution is 14.0. The van der Waals surface area contributed by atoms with Gasteiger partial charge in [-0.2, -0.15) is 11.1 Å². The lowest BCUT2D eigenvalue weighted by Gasteiger charge is -1.97. The monoisotopic (exact) mass is 236 g/mol. The second-order valence-corrected chi connectivity index (χ2v) is 9.60. The summed E-state index contributed by atoms with van der Waals surface area (Å²) in [7, 11) is -1.14. The van der Waals surface area contributed by atoms with Gasteiger partial charge in [-0.05, 0) is 0 Å². The van der Waals surface area contributed by atoms with E-state index in [2.05, 4.69) is 19.6 Å². The van der Waals surface area contributed by atoms with Crippen LogP contribution >= 0.6 is 35.1 Å².